The number of hydrogen-bond acceptors (Lipinski definition) is 4. The van der Waals surface area contributed by atoms with E-state index in [2.05, 4.69) is 6.07 Å². The van der Waals surface area contributed by atoms with Crippen molar-refractivity contribution in [2.24, 2.45) is 0 Å². The number of carboxylic acids is 1. The van der Waals surface area contributed by atoms with E-state index in [1.54, 1.807) is 41.3 Å². The summed E-state index contributed by atoms with van der Waals surface area (Å²) in [4.78, 5) is 26.6. The summed E-state index contributed by atoms with van der Waals surface area (Å²) in [5.41, 5.74) is 3.81. The number of rotatable bonds is 5. The maximum absolute atomic E-state index is 14.7. The number of fused-ring (bicyclic) bond motifs is 1. The number of carbonyl (C=O) groups is 2. The number of nitrogens with zero attached hydrogens (tertiary/aromatic N) is 2. The minimum atomic E-state index is -1.01. The van der Waals surface area contributed by atoms with Gasteiger partial charge >= 0.3 is 5.97 Å². The third-order valence-electron chi connectivity index (χ3n) is 5.46. The molecule has 5 nitrogen and oxygen atoms in total. The topological polar surface area (TPSA) is 81.4 Å². The van der Waals surface area contributed by atoms with Gasteiger partial charge in [-0.2, -0.15) is 5.26 Å². The van der Waals surface area contributed by atoms with Gasteiger partial charge in [-0.1, -0.05) is 24.3 Å². The first-order valence-electron chi connectivity index (χ1n) is 9.96. The summed E-state index contributed by atoms with van der Waals surface area (Å²) in [6.45, 7) is 2.15. The van der Waals surface area contributed by atoms with Crippen molar-refractivity contribution in [3.05, 3.63) is 94.3 Å². The van der Waals surface area contributed by atoms with Crippen molar-refractivity contribution in [3.63, 3.8) is 0 Å². The lowest BCUT2D eigenvalue weighted by Crippen LogP contribution is -2.41. The molecule has 1 atom stereocenters. The van der Waals surface area contributed by atoms with Gasteiger partial charge in [-0.05, 0) is 66.4 Å². The number of halogens is 1. The molecule has 1 unspecified atom stereocenters. The van der Waals surface area contributed by atoms with Crippen LogP contribution in [0.3, 0.4) is 0 Å². The minimum absolute atomic E-state index is 0.140. The molecule has 0 aromatic heterocycles. The van der Waals surface area contributed by atoms with Gasteiger partial charge in [0.2, 0.25) is 5.91 Å². The fourth-order valence-electron chi connectivity index (χ4n) is 3.71. The molecule has 1 aliphatic rings. The molecule has 1 heterocycles. The van der Waals surface area contributed by atoms with Crippen LogP contribution < -0.4 is 4.90 Å². The van der Waals surface area contributed by atoms with E-state index in [4.69, 9.17) is 10.4 Å². The van der Waals surface area contributed by atoms with E-state index in [9.17, 15) is 14.0 Å². The average molecular weight is 447 g/mol. The number of aryl methyl sites for hydroxylation is 1. The number of carboxylic acid groups (broad SMARTS) is 1. The average Bonchev–Trinajstić information content (AvgIpc) is 2.78. The highest BCUT2D eigenvalue weighted by Gasteiger charge is 2.35. The molecule has 0 radical (unpaired) electrons. The highest BCUT2D eigenvalue weighted by molar-refractivity contribution is 8.01. The Morgan fingerprint density at radius 1 is 1.19 bits per heavy atom. The Bertz CT molecular complexity index is 1250. The van der Waals surface area contributed by atoms with E-state index in [0.29, 0.717) is 22.6 Å². The van der Waals surface area contributed by atoms with Gasteiger partial charge in [-0.15, -0.1) is 11.8 Å². The molecule has 160 valence electrons. The number of anilines is 1. The predicted molar refractivity (Wildman–Crippen MR) is 120 cm³/mol. The molecule has 0 saturated heterocycles. The summed E-state index contributed by atoms with van der Waals surface area (Å²) in [6.07, 6.45) is 0.347. The van der Waals surface area contributed by atoms with Crippen molar-refractivity contribution in [2.45, 2.75) is 30.0 Å². The van der Waals surface area contributed by atoms with Gasteiger partial charge in [-0.25, -0.2) is 9.18 Å². The lowest BCUT2D eigenvalue weighted by atomic mass is 10.0. The quantitative estimate of drug-likeness (QED) is 0.599. The molecule has 0 fully saturated rings. The fourth-order valence-corrected chi connectivity index (χ4v) is 4.98. The Morgan fingerprint density at radius 3 is 2.59 bits per heavy atom. The summed E-state index contributed by atoms with van der Waals surface area (Å²) in [7, 11) is 0. The van der Waals surface area contributed by atoms with E-state index < -0.39 is 11.2 Å². The van der Waals surface area contributed by atoms with E-state index >= 15 is 0 Å². The SMILES string of the molecule is Cc1cc(C#N)ccc1CN1C(=O)C(Cc2ccc(C(=O)O)cc2)Sc2c(F)cccc21. The molecular weight excluding hydrogens is 427 g/mol. The Kier molecular flexibility index (Phi) is 5.97. The number of hydrogen-bond donors (Lipinski definition) is 1. The van der Waals surface area contributed by atoms with E-state index in [1.165, 1.54) is 30.0 Å². The monoisotopic (exact) mass is 446 g/mol. The molecular formula is C25H19FN2O3S. The largest absolute Gasteiger partial charge is 0.478 e. The highest BCUT2D eigenvalue weighted by Crippen LogP contribution is 2.42. The van der Waals surface area contributed by atoms with Crippen molar-refractivity contribution < 1.29 is 19.1 Å². The molecule has 1 aliphatic heterocycles. The van der Waals surface area contributed by atoms with Crippen LogP contribution in [0.2, 0.25) is 0 Å². The molecule has 3 aromatic rings. The fraction of sp³-hybridized carbons (Fsp3) is 0.160. The highest BCUT2D eigenvalue weighted by atomic mass is 32.2. The van der Waals surface area contributed by atoms with Gasteiger partial charge in [-0.3, -0.25) is 4.79 Å². The van der Waals surface area contributed by atoms with Crippen molar-refractivity contribution in [1.29, 1.82) is 5.26 Å². The summed E-state index contributed by atoms with van der Waals surface area (Å²) in [6, 6.07) is 18.5. The van der Waals surface area contributed by atoms with E-state index in [1.807, 2.05) is 13.0 Å². The Morgan fingerprint density at radius 2 is 1.94 bits per heavy atom. The Hall–Kier alpha value is -3.63. The normalized spacial score (nSPS) is 15.2. The number of nitriles is 1. The Balaban J connectivity index is 1.66. The molecule has 0 bridgehead atoms. The number of amides is 1. The third-order valence-corrected chi connectivity index (χ3v) is 6.75. The first-order valence-corrected chi connectivity index (χ1v) is 10.8. The van der Waals surface area contributed by atoms with Crippen molar-refractivity contribution in [1.82, 2.24) is 0 Å². The zero-order valence-electron chi connectivity index (χ0n) is 17.2. The van der Waals surface area contributed by atoms with Gasteiger partial charge < -0.3 is 10.0 Å². The molecule has 3 aromatic carbocycles. The number of carbonyl (C=O) groups excluding carboxylic acids is 1. The lowest BCUT2D eigenvalue weighted by molar-refractivity contribution is -0.118. The van der Waals surface area contributed by atoms with Crippen LogP contribution in [-0.2, 0) is 17.8 Å². The van der Waals surface area contributed by atoms with Crippen LogP contribution in [0.4, 0.5) is 10.1 Å². The summed E-state index contributed by atoms with van der Waals surface area (Å²) in [5.74, 6) is -1.54. The van der Waals surface area contributed by atoms with E-state index in [0.717, 1.165) is 16.7 Å². The van der Waals surface area contributed by atoms with Gasteiger partial charge in [0.05, 0.1) is 39.6 Å². The zero-order chi connectivity index (χ0) is 22.8. The molecule has 1 N–H and O–H groups in total. The maximum atomic E-state index is 14.7. The zero-order valence-corrected chi connectivity index (χ0v) is 18.0. The molecule has 0 aliphatic carbocycles. The van der Waals surface area contributed by atoms with Gasteiger partial charge in [0.1, 0.15) is 5.82 Å². The van der Waals surface area contributed by atoms with Crippen LogP contribution in [0.15, 0.2) is 65.6 Å². The molecule has 4 rings (SSSR count). The summed E-state index contributed by atoms with van der Waals surface area (Å²) in [5, 5.41) is 17.6. The lowest BCUT2D eigenvalue weighted by Gasteiger charge is -2.34. The van der Waals surface area contributed by atoms with E-state index in [-0.39, 0.29) is 23.8 Å². The second kappa shape index (κ2) is 8.85. The standard InChI is InChI=1S/C25H19FN2O3S/c1-15-11-17(13-27)7-10-19(15)14-28-21-4-2-3-20(26)23(21)32-22(24(28)29)12-16-5-8-18(9-6-16)25(30)31/h2-11,22H,12,14H2,1H3,(H,30,31). The van der Waals surface area contributed by atoms with Crippen LogP contribution >= 0.6 is 11.8 Å². The number of aromatic carboxylic acids is 1. The predicted octanol–water partition coefficient (Wildman–Crippen LogP) is 4.95. The van der Waals surface area contributed by atoms with Gasteiger partial charge in [0, 0.05) is 0 Å². The van der Waals surface area contributed by atoms with Crippen molar-refractivity contribution in [2.75, 3.05) is 4.90 Å². The van der Waals surface area contributed by atoms with Gasteiger partial charge in [0.15, 0.2) is 0 Å². The van der Waals surface area contributed by atoms with Crippen LogP contribution in [0.5, 0.6) is 0 Å². The first-order chi connectivity index (χ1) is 15.4. The molecule has 0 saturated carbocycles. The smallest absolute Gasteiger partial charge is 0.335 e. The van der Waals surface area contributed by atoms with Crippen molar-refractivity contribution in [3.8, 4) is 6.07 Å². The number of thioether (sulfide) groups is 1. The second-order valence-electron chi connectivity index (χ2n) is 7.58. The molecule has 1 amide bonds. The van der Waals surface area contributed by atoms with Crippen LogP contribution in [0, 0.1) is 24.1 Å². The summed E-state index contributed by atoms with van der Waals surface area (Å²) < 4.78 is 14.7. The third kappa shape index (κ3) is 4.23. The minimum Gasteiger partial charge on any atom is -0.478 e. The van der Waals surface area contributed by atoms with Crippen LogP contribution in [-0.4, -0.2) is 22.2 Å². The molecule has 0 spiro atoms. The van der Waals surface area contributed by atoms with Crippen LogP contribution in [0.1, 0.15) is 32.6 Å². The number of benzene rings is 3. The summed E-state index contributed by atoms with van der Waals surface area (Å²) >= 11 is 1.20. The Labute approximate surface area is 189 Å². The van der Waals surface area contributed by atoms with Crippen molar-refractivity contribution >= 4 is 29.3 Å². The molecule has 7 heteroatoms. The second-order valence-corrected chi connectivity index (χ2v) is 8.79. The first kappa shape index (κ1) is 21.6. The molecule has 32 heavy (non-hydrogen) atoms. The maximum Gasteiger partial charge on any atom is 0.335 e. The van der Waals surface area contributed by atoms with Crippen LogP contribution in [0.25, 0.3) is 0 Å². The van der Waals surface area contributed by atoms with Gasteiger partial charge in [0.25, 0.3) is 0 Å².